The first-order valence-corrected chi connectivity index (χ1v) is 8.33. The second-order valence-electron chi connectivity index (χ2n) is 5.87. The molecular weight excluding hydrogens is 385 g/mol. The Hall–Kier alpha value is -2.74. The van der Waals surface area contributed by atoms with Gasteiger partial charge >= 0.3 is 6.61 Å². The molecule has 0 saturated carbocycles. The summed E-state index contributed by atoms with van der Waals surface area (Å²) in [6.07, 6.45) is -0.0690. The van der Waals surface area contributed by atoms with Crippen molar-refractivity contribution in [2.75, 3.05) is 16.8 Å². The lowest BCUT2D eigenvalue weighted by Crippen LogP contribution is -2.28. The lowest BCUT2D eigenvalue weighted by molar-refractivity contribution is -0.122. The molecule has 1 heterocycles. The van der Waals surface area contributed by atoms with E-state index in [0.29, 0.717) is 0 Å². The zero-order chi connectivity index (χ0) is 19.6. The van der Waals surface area contributed by atoms with Crippen molar-refractivity contribution in [2.45, 2.75) is 13.0 Å². The number of nitrogens with one attached hydrogen (secondary N) is 1. The Labute approximate surface area is 157 Å². The molecule has 27 heavy (non-hydrogen) atoms. The summed E-state index contributed by atoms with van der Waals surface area (Å²) in [6, 6.07) is 9.64. The van der Waals surface area contributed by atoms with Crippen LogP contribution in [0.3, 0.4) is 0 Å². The molecule has 5 nitrogen and oxygen atoms in total. The summed E-state index contributed by atoms with van der Waals surface area (Å²) >= 11 is 5.85. The third-order valence-electron chi connectivity index (χ3n) is 4.05. The molecule has 1 fully saturated rings. The second kappa shape index (κ2) is 7.87. The van der Waals surface area contributed by atoms with Gasteiger partial charge in [-0.05, 0) is 30.3 Å². The van der Waals surface area contributed by atoms with Gasteiger partial charge in [-0.25, -0.2) is 4.39 Å². The van der Waals surface area contributed by atoms with Crippen molar-refractivity contribution in [3.8, 4) is 5.75 Å². The van der Waals surface area contributed by atoms with Gasteiger partial charge in [0.05, 0.1) is 16.6 Å². The zero-order valence-electron chi connectivity index (χ0n) is 13.8. The summed E-state index contributed by atoms with van der Waals surface area (Å²) in [4.78, 5) is 25.8. The van der Waals surface area contributed by atoms with Crippen LogP contribution in [0.5, 0.6) is 5.75 Å². The number of anilines is 2. The summed E-state index contributed by atoms with van der Waals surface area (Å²) < 4.78 is 42.6. The van der Waals surface area contributed by atoms with E-state index < -0.39 is 24.3 Å². The molecule has 0 spiro atoms. The summed E-state index contributed by atoms with van der Waals surface area (Å²) in [5.41, 5.74) is 0.387. The molecule has 9 heteroatoms. The number of halogens is 4. The first-order valence-electron chi connectivity index (χ1n) is 7.95. The molecular formula is C18H14ClF3N2O3. The fourth-order valence-electron chi connectivity index (χ4n) is 2.80. The van der Waals surface area contributed by atoms with Crippen LogP contribution in [0, 0.1) is 11.7 Å². The minimum absolute atomic E-state index is 0.0336. The van der Waals surface area contributed by atoms with Crippen molar-refractivity contribution in [1.29, 1.82) is 0 Å². The van der Waals surface area contributed by atoms with E-state index in [1.807, 2.05) is 0 Å². The highest BCUT2D eigenvalue weighted by Crippen LogP contribution is 2.31. The van der Waals surface area contributed by atoms with Crippen LogP contribution >= 0.6 is 11.6 Å². The monoisotopic (exact) mass is 398 g/mol. The van der Waals surface area contributed by atoms with E-state index in [2.05, 4.69) is 10.1 Å². The van der Waals surface area contributed by atoms with E-state index in [-0.39, 0.29) is 41.0 Å². The smallest absolute Gasteiger partial charge is 0.387 e. The maximum absolute atomic E-state index is 13.9. The Balaban J connectivity index is 1.68. The van der Waals surface area contributed by atoms with Gasteiger partial charge in [0.25, 0.3) is 0 Å². The van der Waals surface area contributed by atoms with Gasteiger partial charge in [-0.3, -0.25) is 9.59 Å². The van der Waals surface area contributed by atoms with E-state index in [9.17, 15) is 22.8 Å². The maximum Gasteiger partial charge on any atom is 0.387 e. The highest BCUT2D eigenvalue weighted by Gasteiger charge is 2.36. The largest absolute Gasteiger partial charge is 0.433 e. The number of alkyl halides is 2. The molecule has 142 valence electrons. The normalized spacial score (nSPS) is 16.7. The summed E-state index contributed by atoms with van der Waals surface area (Å²) in [5, 5.41) is 2.48. The highest BCUT2D eigenvalue weighted by atomic mass is 35.5. The number of carbonyl (C=O) groups excluding carboxylic acids is 2. The molecule has 2 aromatic rings. The van der Waals surface area contributed by atoms with Gasteiger partial charge in [-0.2, -0.15) is 8.78 Å². The van der Waals surface area contributed by atoms with Crippen LogP contribution < -0.4 is 15.0 Å². The molecule has 0 aromatic heterocycles. The quantitative estimate of drug-likeness (QED) is 0.826. The Morgan fingerprint density at radius 2 is 2.00 bits per heavy atom. The van der Waals surface area contributed by atoms with Gasteiger partial charge in [0.15, 0.2) is 0 Å². The number of carbonyl (C=O) groups is 2. The Bertz CT molecular complexity index is 879. The number of para-hydroxylation sites is 1. The molecule has 2 amide bonds. The van der Waals surface area contributed by atoms with E-state index in [1.54, 1.807) is 6.07 Å². The molecule has 0 radical (unpaired) electrons. The summed E-state index contributed by atoms with van der Waals surface area (Å²) in [7, 11) is 0. The number of nitrogens with zero attached hydrogens (tertiary/aromatic N) is 1. The molecule has 1 aliphatic rings. The minimum Gasteiger partial charge on any atom is -0.433 e. The van der Waals surface area contributed by atoms with E-state index in [0.717, 1.165) is 0 Å². The van der Waals surface area contributed by atoms with Crippen LogP contribution in [0.25, 0.3) is 0 Å². The highest BCUT2D eigenvalue weighted by molar-refractivity contribution is 6.32. The lowest BCUT2D eigenvalue weighted by Gasteiger charge is -2.17. The van der Waals surface area contributed by atoms with Gasteiger partial charge in [0, 0.05) is 18.7 Å². The van der Waals surface area contributed by atoms with Crippen molar-refractivity contribution < 1.29 is 27.5 Å². The van der Waals surface area contributed by atoms with Crippen LogP contribution in [-0.2, 0) is 9.59 Å². The molecule has 0 bridgehead atoms. The van der Waals surface area contributed by atoms with Crippen LogP contribution in [0.2, 0.25) is 5.02 Å². The number of hydrogen-bond acceptors (Lipinski definition) is 3. The molecule has 1 atom stereocenters. The molecule has 1 aliphatic heterocycles. The number of ether oxygens (including phenoxy) is 1. The number of hydrogen-bond donors (Lipinski definition) is 1. The number of benzene rings is 2. The molecule has 0 aliphatic carbocycles. The van der Waals surface area contributed by atoms with E-state index >= 15 is 0 Å². The molecule has 1 N–H and O–H groups in total. The SMILES string of the molecule is O=C(Nc1ccc(OC(F)F)c(Cl)c1)C1CC(=O)N(c2ccccc2F)C1. The third-order valence-corrected chi connectivity index (χ3v) is 4.35. The van der Waals surface area contributed by atoms with Crippen molar-refractivity contribution in [3.63, 3.8) is 0 Å². The second-order valence-corrected chi connectivity index (χ2v) is 6.28. The van der Waals surface area contributed by atoms with Crippen molar-refractivity contribution >= 4 is 34.8 Å². The molecule has 1 unspecified atom stereocenters. The standard InChI is InChI=1S/C18H14ClF3N2O3/c19-12-8-11(5-6-15(12)27-18(21)22)23-17(26)10-7-16(25)24(9-10)14-4-2-1-3-13(14)20/h1-6,8,10,18H,7,9H2,(H,23,26). The fraction of sp³-hybridized carbons (Fsp3) is 0.222. The van der Waals surface area contributed by atoms with E-state index in [4.69, 9.17) is 11.6 Å². The van der Waals surface area contributed by atoms with E-state index in [1.165, 1.54) is 41.3 Å². The maximum atomic E-state index is 13.9. The average Bonchev–Trinajstić information content (AvgIpc) is 2.99. The third kappa shape index (κ3) is 4.33. The Morgan fingerprint density at radius 1 is 1.26 bits per heavy atom. The van der Waals surface area contributed by atoms with Crippen LogP contribution in [0.1, 0.15) is 6.42 Å². The van der Waals surface area contributed by atoms with Crippen molar-refractivity contribution in [2.24, 2.45) is 5.92 Å². The van der Waals surface area contributed by atoms with Crippen LogP contribution in [0.15, 0.2) is 42.5 Å². The first kappa shape index (κ1) is 19.0. The topological polar surface area (TPSA) is 58.6 Å². The van der Waals surface area contributed by atoms with Gasteiger partial charge in [0.1, 0.15) is 11.6 Å². The summed E-state index contributed by atoms with van der Waals surface area (Å²) in [6.45, 7) is -2.98. The molecule has 1 saturated heterocycles. The molecule has 3 rings (SSSR count). The van der Waals surface area contributed by atoms with Gasteiger partial charge in [-0.1, -0.05) is 23.7 Å². The minimum atomic E-state index is -3.02. The predicted molar refractivity (Wildman–Crippen MR) is 93.6 cm³/mol. The zero-order valence-corrected chi connectivity index (χ0v) is 14.6. The molecule has 2 aromatic carbocycles. The summed E-state index contributed by atoms with van der Waals surface area (Å²) in [5.74, 6) is -2.27. The predicted octanol–water partition coefficient (Wildman–Crippen LogP) is 4.07. The van der Waals surface area contributed by atoms with Gasteiger partial charge in [0.2, 0.25) is 11.8 Å². The van der Waals surface area contributed by atoms with Crippen molar-refractivity contribution in [3.05, 3.63) is 53.3 Å². The van der Waals surface area contributed by atoms with Crippen LogP contribution in [0.4, 0.5) is 24.5 Å². The number of amides is 2. The first-order chi connectivity index (χ1) is 12.8. The average molecular weight is 399 g/mol. The Morgan fingerprint density at radius 3 is 2.67 bits per heavy atom. The lowest BCUT2D eigenvalue weighted by atomic mass is 10.1. The van der Waals surface area contributed by atoms with Crippen molar-refractivity contribution in [1.82, 2.24) is 0 Å². The van der Waals surface area contributed by atoms with Gasteiger partial charge < -0.3 is 15.0 Å². The number of rotatable bonds is 5. The fourth-order valence-corrected chi connectivity index (χ4v) is 3.03. The Kier molecular flexibility index (Phi) is 5.55. The van der Waals surface area contributed by atoms with Crippen LogP contribution in [-0.4, -0.2) is 25.0 Å². The van der Waals surface area contributed by atoms with Gasteiger partial charge in [-0.15, -0.1) is 0 Å².